The van der Waals surface area contributed by atoms with Gasteiger partial charge in [0.1, 0.15) is 0 Å². The van der Waals surface area contributed by atoms with Crippen LogP contribution in [0, 0.1) is 0 Å². The summed E-state index contributed by atoms with van der Waals surface area (Å²) in [5.41, 5.74) is 12.2. The van der Waals surface area contributed by atoms with E-state index in [-0.39, 0.29) is 0 Å². The zero-order valence-corrected chi connectivity index (χ0v) is 25.8. The number of hydrogen-bond donors (Lipinski definition) is 1. The first-order valence-corrected chi connectivity index (χ1v) is 16.1. The lowest BCUT2D eigenvalue weighted by Gasteiger charge is -2.19. The van der Waals surface area contributed by atoms with Crippen molar-refractivity contribution in [2.75, 3.05) is 13.1 Å². The fourth-order valence-corrected chi connectivity index (χ4v) is 7.29. The molecule has 7 aromatic rings. The number of para-hydroxylation sites is 1. The molecule has 0 aliphatic carbocycles. The highest BCUT2D eigenvalue weighted by Gasteiger charge is 2.18. The summed E-state index contributed by atoms with van der Waals surface area (Å²) in [7, 11) is 0. The van der Waals surface area contributed by atoms with Gasteiger partial charge >= 0.3 is 0 Å². The first-order valence-electron chi connectivity index (χ1n) is 16.1. The fraction of sp³-hybridized carbons (Fsp3) is 0.0930. The molecule has 220 valence electrons. The van der Waals surface area contributed by atoms with Crippen LogP contribution in [-0.2, 0) is 0 Å². The number of aliphatic imine (C=N–C) groups is 1. The van der Waals surface area contributed by atoms with Gasteiger partial charge in [-0.15, -0.1) is 0 Å². The summed E-state index contributed by atoms with van der Waals surface area (Å²) < 4.78 is 2.45. The van der Waals surface area contributed by atoms with E-state index in [1.807, 2.05) is 0 Å². The van der Waals surface area contributed by atoms with E-state index in [0.717, 1.165) is 30.9 Å². The summed E-state index contributed by atoms with van der Waals surface area (Å²) in [5, 5.41) is 11.1. The van der Waals surface area contributed by atoms with Gasteiger partial charge in [0, 0.05) is 41.1 Å². The average molecular weight is 592 g/mol. The Labute approximate surface area is 268 Å². The molecule has 0 atom stereocenters. The number of allylic oxidation sites excluding steroid dienone is 3. The predicted molar refractivity (Wildman–Crippen MR) is 196 cm³/mol. The van der Waals surface area contributed by atoms with Gasteiger partial charge in [0.2, 0.25) is 0 Å². The Morgan fingerprint density at radius 3 is 2.37 bits per heavy atom. The van der Waals surface area contributed by atoms with E-state index in [2.05, 4.69) is 156 Å². The lowest BCUT2D eigenvalue weighted by Crippen LogP contribution is -2.21. The molecule has 2 aliphatic heterocycles. The van der Waals surface area contributed by atoms with Crippen LogP contribution in [0.3, 0.4) is 0 Å². The van der Waals surface area contributed by atoms with Crippen LogP contribution in [0.15, 0.2) is 156 Å². The summed E-state index contributed by atoms with van der Waals surface area (Å²) in [5.74, 6) is 0. The first-order chi connectivity index (χ1) is 22.7. The van der Waals surface area contributed by atoms with Crippen LogP contribution in [0.2, 0.25) is 0 Å². The third-order valence-electron chi connectivity index (χ3n) is 9.57. The zero-order chi connectivity index (χ0) is 30.6. The molecule has 0 fully saturated rings. The van der Waals surface area contributed by atoms with Crippen LogP contribution in [-0.4, -0.2) is 23.4 Å². The second-order valence-electron chi connectivity index (χ2n) is 12.5. The largest absolute Gasteiger partial charge is 0.386 e. The molecular weight excluding hydrogens is 558 g/mol. The maximum atomic E-state index is 4.83. The number of aromatic nitrogens is 1. The Bertz CT molecular complexity index is 2460. The topological polar surface area (TPSA) is 29.3 Å². The van der Waals surface area contributed by atoms with Crippen molar-refractivity contribution >= 4 is 54.6 Å². The van der Waals surface area contributed by atoms with Crippen molar-refractivity contribution in [3.05, 3.63) is 156 Å². The van der Waals surface area contributed by atoms with Crippen LogP contribution in [0.25, 0.3) is 65.7 Å². The van der Waals surface area contributed by atoms with E-state index in [4.69, 9.17) is 4.99 Å². The van der Waals surface area contributed by atoms with E-state index in [9.17, 15) is 0 Å². The number of hydrogen-bond acceptors (Lipinski definition) is 2. The lowest BCUT2D eigenvalue weighted by atomic mass is 9.95. The number of fused-ring (bicyclic) bond motifs is 6. The van der Waals surface area contributed by atoms with Crippen LogP contribution >= 0.6 is 0 Å². The fourth-order valence-electron chi connectivity index (χ4n) is 7.29. The van der Waals surface area contributed by atoms with Gasteiger partial charge in [0.15, 0.2) is 0 Å². The van der Waals surface area contributed by atoms with Crippen molar-refractivity contribution in [2.24, 2.45) is 4.99 Å². The molecule has 1 aromatic heterocycles. The van der Waals surface area contributed by atoms with Gasteiger partial charge < -0.3 is 9.88 Å². The Morgan fingerprint density at radius 1 is 0.652 bits per heavy atom. The number of benzene rings is 6. The van der Waals surface area contributed by atoms with Gasteiger partial charge in [-0.1, -0.05) is 103 Å². The molecule has 2 aliphatic rings. The molecule has 6 aromatic carbocycles. The molecule has 0 saturated carbocycles. The van der Waals surface area contributed by atoms with Crippen LogP contribution in [0.5, 0.6) is 0 Å². The Hall–Kier alpha value is -5.67. The summed E-state index contributed by atoms with van der Waals surface area (Å²) in [6.45, 7) is 3.87. The number of dihydropyridines is 2. The van der Waals surface area contributed by atoms with Gasteiger partial charge in [-0.2, -0.15) is 0 Å². The summed E-state index contributed by atoms with van der Waals surface area (Å²) >= 11 is 0. The SMILES string of the molecule is CC1=CC(C2=CC(c3ccc4c5ccc6cc(-c7cccc8ccccc78)ccc6c5n(-c5ccccc5)c4c3)=CNC2)=NCC1. The molecule has 46 heavy (non-hydrogen) atoms. The van der Waals surface area contributed by atoms with Crippen LogP contribution in [0.4, 0.5) is 0 Å². The average Bonchev–Trinajstić information content (AvgIpc) is 3.45. The number of nitrogens with zero attached hydrogens (tertiary/aromatic N) is 2. The van der Waals surface area contributed by atoms with Gasteiger partial charge in [0.25, 0.3) is 0 Å². The molecular formula is C43H33N3. The Balaban J connectivity index is 1.24. The highest BCUT2D eigenvalue weighted by atomic mass is 15.0. The van der Waals surface area contributed by atoms with E-state index in [1.54, 1.807) is 0 Å². The molecule has 0 radical (unpaired) electrons. The van der Waals surface area contributed by atoms with Crippen molar-refractivity contribution in [1.29, 1.82) is 0 Å². The number of nitrogens with one attached hydrogen (secondary N) is 1. The van der Waals surface area contributed by atoms with E-state index in [1.165, 1.54) is 76.8 Å². The van der Waals surface area contributed by atoms with Crippen molar-refractivity contribution < 1.29 is 0 Å². The van der Waals surface area contributed by atoms with Gasteiger partial charge in [0.05, 0.1) is 16.7 Å². The van der Waals surface area contributed by atoms with Crippen molar-refractivity contribution in [1.82, 2.24) is 9.88 Å². The van der Waals surface area contributed by atoms with Crippen molar-refractivity contribution in [3.8, 4) is 16.8 Å². The second-order valence-corrected chi connectivity index (χ2v) is 12.5. The second kappa shape index (κ2) is 10.7. The quantitative estimate of drug-likeness (QED) is 0.217. The molecule has 0 bridgehead atoms. The Morgan fingerprint density at radius 2 is 1.46 bits per heavy atom. The number of rotatable bonds is 4. The molecule has 9 rings (SSSR count). The molecule has 1 N–H and O–H groups in total. The monoisotopic (exact) mass is 591 g/mol. The zero-order valence-electron chi connectivity index (χ0n) is 25.8. The van der Waals surface area contributed by atoms with Crippen molar-refractivity contribution in [2.45, 2.75) is 13.3 Å². The normalized spacial score (nSPS) is 15.1. The molecule has 0 unspecified atom stereocenters. The molecule has 3 heteroatoms. The summed E-state index contributed by atoms with van der Waals surface area (Å²) in [6, 6.07) is 44.5. The van der Waals surface area contributed by atoms with E-state index < -0.39 is 0 Å². The van der Waals surface area contributed by atoms with Crippen LogP contribution < -0.4 is 5.32 Å². The third kappa shape index (κ3) is 4.39. The first kappa shape index (κ1) is 26.7. The van der Waals surface area contributed by atoms with Crippen LogP contribution in [0.1, 0.15) is 18.9 Å². The highest BCUT2D eigenvalue weighted by Crippen LogP contribution is 2.40. The molecule has 0 amide bonds. The van der Waals surface area contributed by atoms with Crippen molar-refractivity contribution in [3.63, 3.8) is 0 Å². The van der Waals surface area contributed by atoms with Gasteiger partial charge in [-0.25, -0.2) is 0 Å². The minimum absolute atomic E-state index is 0.797. The predicted octanol–water partition coefficient (Wildman–Crippen LogP) is 10.4. The molecule has 3 nitrogen and oxygen atoms in total. The van der Waals surface area contributed by atoms with E-state index >= 15 is 0 Å². The Kier molecular flexibility index (Phi) is 6.24. The highest BCUT2D eigenvalue weighted by molar-refractivity contribution is 6.19. The molecule has 0 spiro atoms. The maximum Gasteiger partial charge on any atom is 0.0623 e. The minimum Gasteiger partial charge on any atom is -0.386 e. The minimum atomic E-state index is 0.797. The summed E-state index contributed by atoms with van der Waals surface area (Å²) in [6.07, 6.45) is 7.75. The smallest absolute Gasteiger partial charge is 0.0623 e. The summed E-state index contributed by atoms with van der Waals surface area (Å²) in [4.78, 5) is 4.83. The lowest BCUT2D eigenvalue weighted by molar-refractivity contribution is 0.916. The standard InChI is InChI=1S/C43H33N3/c1-28-20-21-45-41(22-28)34-24-33(26-44-27-34)30-14-18-39-40-19-16-32-23-31(37-13-7-9-29-8-5-6-12-36(29)37)15-17-38(32)43(40)46(42(39)25-30)35-10-3-2-4-11-35/h2-19,22-26,44H,20-21,27H2,1H3. The third-order valence-corrected chi connectivity index (χ3v) is 9.57. The van der Waals surface area contributed by atoms with E-state index in [0.29, 0.717) is 0 Å². The molecule has 3 heterocycles. The van der Waals surface area contributed by atoms with Gasteiger partial charge in [-0.3, -0.25) is 4.99 Å². The maximum absolute atomic E-state index is 4.83. The molecule has 0 saturated heterocycles. The van der Waals surface area contributed by atoms with Gasteiger partial charge in [-0.05, 0) is 93.8 Å².